The second-order valence-corrected chi connectivity index (χ2v) is 5.71. The van der Waals surface area contributed by atoms with Crippen LogP contribution >= 0.6 is 0 Å². The average Bonchev–Trinajstić information content (AvgIpc) is 2.59. The summed E-state index contributed by atoms with van der Waals surface area (Å²) in [7, 11) is 0. The molecule has 1 amide bonds. The van der Waals surface area contributed by atoms with Gasteiger partial charge in [-0.3, -0.25) is 4.79 Å². The molecule has 2 N–H and O–H groups in total. The maximum atomic E-state index is 12.1. The van der Waals surface area contributed by atoms with E-state index in [4.69, 9.17) is 19.7 Å². The van der Waals surface area contributed by atoms with Crippen molar-refractivity contribution in [1.82, 2.24) is 4.90 Å². The normalized spacial score (nSPS) is 11.1. The quantitative estimate of drug-likeness (QED) is 0.304. The standard InChI is InChI=1S/C18H33NO6/c1-2-3-4-5-6-7-10-19(17(21)8-9-18(22)23)11-13-24-15-16-25-14-12-20/h8-9,20H,2-7,10-16H2,1H3,(H,22,23). The highest BCUT2D eigenvalue weighted by Gasteiger charge is 2.10. The molecule has 0 spiro atoms. The fourth-order valence-corrected chi connectivity index (χ4v) is 2.22. The number of aliphatic hydroxyl groups excluding tert-OH is 1. The van der Waals surface area contributed by atoms with Gasteiger partial charge in [0.15, 0.2) is 0 Å². The van der Waals surface area contributed by atoms with E-state index in [0.29, 0.717) is 32.9 Å². The summed E-state index contributed by atoms with van der Waals surface area (Å²) >= 11 is 0. The van der Waals surface area contributed by atoms with Gasteiger partial charge in [0.2, 0.25) is 5.91 Å². The van der Waals surface area contributed by atoms with E-state index in [9.17, 15) is 9.59 Å². The van der Waals surface area contributed by atoms with Gasteiger partial charge in [0.05, 0.1) is 33.0 Å². The number of carbonyl (C=O) groups is 2. The van der Waals surface area contributed by atoms with E-state index >= 15 is 0 Å². The fraction of sp³-hybridized carbons (Fsp3) is 0.778. The lowest BCUT2D eigenvalue weighted by Gasteiger charge is -2.21. The van der Waals surface area contributed by atoms with E-state index in [0.717, 1.165) is 31.4 Å². The van der Waals surface area contributed by atoms with Crippen LogP contribution in [0.1, 0.15) is 45.4 Å². The summed E-state index contributed by atoms with van der Waals surface area (Å²) < 4.78 is 10.5. The molecule has 146 valence electrons. The van der Waals surface area contributed by atoms with Crippen molar-refractivity contribution < 1.29 is 29.3 Å². The van der Waals surface area contributed by atoms with Gasteiger partial charge in [-0.25, -0.2) is 4.79 Å². The number of carbonyl (C=O) groups excluding carboxylic acids is 1. The molecule has 0 saturated heterocycles. The van der Waals surface area contributed by atoms with Crippen LogP contribution in [-0.4, -0.2) is 73.1 Å². The highest BCUT2D eigenvalue weighted by Crippen LogP contribution is 2.06. The predicted molar refractivity (Wildman–Crippen MR) is 95.5 cm³/mol. The van der Waals surface area contributed by atoms with Gasteiger partial charge < -0.3 is 24.6 Å². The third-order valence-corrected chi connectivity index (χ3v) is 3.57. The molecule has 0 fully saturated rings. The Morgan fingerprint density at radius 2 is 1.52 bits per heavy atom. The fourth-order valence-electron chi connectivity index (χ4n) is 2.22. The van der Waals surface area contributed by atoms with Gasteiger partial charge in [0.1, 0.15) is 0 Å². The van der Waals surface area contributed by atoms with Crippen molar-refractivity contribution in [3.63, 3.8) is 0 Å². The zero-order valence-electron chi connectivity index (χ0n) is 15.3. The molecular weight excluding hydrogens is 326 g/mol. The molecule has 25 heavy (non-hydrogen) atoms. The third kappa shape index (κ3) is 15.8. The Hall–Kier alpha value is -1.44. The molecule has 0 atom stereocenters. The zero-order valence-corrected chi connectivity index (χ0v) is 15.3. The molecule has 0 bridgehead atoms. The molecule has 0 aromatic heterocycles. The SMILES string of the molecule is CCCCCCCCN(CCOCCOCCO)C(=O)C=CC(=O)O. The Kier molecular flexibility index (Phi) is 16.4. The van der Waals surface area contributed by atoms with Crippen LogP contribution in [-0.2, 0) is 19.1 Å². The molecule has 0 aliphatic heterocycles. The molecule has 0 heterocycles. The molecular formula is C18H33NO6. The van der Waals surface area contributed by atoms with Crippen molar-refractivity contribution in [3.8, 4) is 0 Å². The monoisotopic (exact) mass is 359 g/mol. The number of rotatable bonds is 17. The lowest BCUT2D eigenvalue weighted by molar-refractivity contribution is -0.132. The minimum absolute atomic E-state index is 0.0174. The number of aliphatic hydroxyl groups is 1. The summed E-state index contributed by atoms with van der Waals surface area (Å²) in [4.78, 5) is 24.3. The number of carboxylic acid groups (broad SMARTS) is 1. The summed E-state index contributed by atoms with van der Waals surface area (Å²) in [5.41, 5.74) is 0. The smallest absolute Gasteiger partial charge is 0.328 e. The average molecular weight is 359 g/mol. The summed E-state index contributed by atoms with van der Waals surface area (Å²) in [5, 5.41) is 17.2. The summed E-state index contributed by atoms with van der Waals surface area (Å²) in [6.45, 7) is 4.60. The maximum Gasteiger partial charge on any atom is 0.328 e. The number of unbranched alkanes of at least 4 members (excludes halogenated alkanes) is 5. The van der Waals surface area contributed by atoms with Crippen LogP contribution in [0.25, 0.3) is 0 Å². The number of aliphatic carboxylic acids is 1. The minimum Gasteiger partial charge on any atom is -0.478 e. The number of hydrogen-bond acceptors (Lipinski definition) is 5. The molecule has 7 nitrogen and oxygen atoms in total. The van der Waals surface area contributed by atoms with Crippen LogP contribution in [0.4, 0.5) is 0 Å². The lowest BCUT2D eigenvalue weighted by atomic mass is 10.1. The molecule has 0 aliphatic carbocycles. The van der Waals surface area contributed by atoms with E-state index in [1.54, 1.807) is 4.90 Å². The van der Waals surface area contributed by atoms with Crippen molar-refractivity contribution in [2.24, 2.45) is 0 Å². The second-order valence-electron chi connectivity index (χ2n) is 5.71. The van der Waals surface area contributed by atoms with Crippen molar-refractivity contribution in [2.75, 3.05) is 46.1 Å². The molecule has 0 saturated carbocycles. The van der Waals surface area contributed by atoms with Crippen molar-refractivity contribution in [1.29, 1.82) is 0 Å². The molecule has 7 heteroatoms. The van der Waals surface area contributed by atoms with Crippen molar-refractivity contribution in [3.05, 3.63) is 12.2 Å². The van der Waals surface area contributed by atoms with Gasteiger partial charge >= 0.3 is 5.97 Å². The molecule has 0 radical (unpaired) electrons. The topological polar surface area (TPSA) is 96.3 Å². The largest absolute Gasteiger partial charge is 0.478 e. The number of ether oxygens (including phenoxy) is 2. The van der Waals surface area contributed by atoms with Gasteiger partial charge in [-0.15, -0.1) is 0 Å². The van der Waals surface area contributed by atoms with E-state index in [1.165, 1.54) is 19.3 Å². The number of nitrogens with zero attached hydrogens (tertiary/aromatic N) is 1. The van der Waals surface area contributed by atoms with Crippen LogP contribution in [0.5, 0.6) is 0 Å². The van der Waals surface area contributed by atoms with Gasteiger partial charge in [0, 0.05) is 25.2 Å². The first-order valence-corrected chi connectivity index (χ1v) is 9.08. The van der Waals surface area contributed by atoms with E-state index < -0.39 is 5.97 Å². The Morgan fingerprint density at radius 3 is 2.16 bits per heavy atom. The van der Waals surface area contributed by atoms with Gasteiger partial charge in [-0.05, 0) is 6.42 Å². The zero-order chi connectivity index (χ0) is 18.8. The van der Waals surface area contributed by atoms with Gasteiger partial charge in [-0.1, -0.05) is 39.0 Å². The van der Waals surface area contributed by atoms with Crippen LogP contribution in [0.15, 0.2) is 12.2 Å². The number of hydrogen-bond donors (Lipinski definition) is 2. The van der Waals surface area contributed by atoms with Crippen LogP contribution in [0.2, 0.25) is 0 Å². The lowest BCUT2D eigenvalue weighted by Crippen LogP contribution is -2.34. The Balaban J connectivity index is 4.11. The van der Waals surface area contributed by atoms with Crippen LogP contribution in [0.3, 0.4) is 0 Å². The van der Waals surface area contributed by atoms with Crippen molar-refractivity contribution >= 4 is 11.9 Å². The molecule has 0 rings (SSSR count). The van der Waals surface area contributed by atoms with Gasteiger partial charge in [-0.2, -0.15) is 0 Å². The van der Waals surface area contributed by atoms with Gasteiger partial charge in [0.25, 0.3) is 0 Å². The Morgan fingerprint density at radius 1 is 0.880 bits per heavy atom. The first kappa shape index (κ1) is 23.6. The van der Waals surface area contributed by atoms with E-state index in [1.807, 2.05) is 0 Å². The van der Waals surface area contributed by atoms with E-state index in [2.05, 4.69) is 6.92 Å². The van der Waals surface area contributed by atoms with Crippen LogP contribution in [0, 0.1) is 0 Å². The first-order chi connectivity index (χ1) is 12.1. The van der Waals surface area contributed by atoms with Crippen molar-refractivity contribution in [2.45, 2.75) is 45.4 Å². The third-order valence-electron chi connectivity index (χ3n) is 3.57. The van der Waals surface area contributed by atoms with Crippen LogP contribution < -0.4 is 0 Å². The summed E-state index contributed by atoms with van der Waals surface area (Å²) in [6, 6.07) is 0. The Labute approximate surface area is 150 Å². The second kappa shape index (κ2) is 17.4. The molecule has 0 aromatic carbocycles. The number of carboxylic acids is 1. The maximum absolute atomic E-state index is 12.1. The minimum atomic E-state index is -1.13. The first-order valence-electron chi connectivity index (χ1n) is 9.08. The highest BCUT2D eigenvalue weighted by molar-refractivity contribution is 5.93. The summed E-state index contributed by atoms with van der Waals surface area (Å²) in [5.74, 6) is -1.44. The summed E-state index contributed by atoms with van der Waals surface area (Å²) in [6.07, 6.45) is 8.70. The molecule has 0 unspecified atom stereocenters. The molecule has 0 aliphatic rings. The highest BCUT2D eigenvalue weighted by atomic mass is 16.5. The Bertz CT molecular complexity index is 373. The predicted octanol–water partition coefficient (Wildman–Crippen LogP) is 1.84. The van der Waals surface area contributed by atoms with E-state index in [-0.39, 0.29) is 19.1 Å². The number of amides is 1. The molecule has 0 aromatic rings.